The number of Topliss-reactive ketones (excluding diaryl/α,β-unsaturated/α-hetero) is 1. The van der Waals surface area contributed by atoms with Crippen LogP contribution in [-0.2, 0) is 20.9 Å². The van der Waals surface area contributed by atoms with E-state index in [9.17, 15) is 19.5 Å². The van der Waals surface area contributed by atoms with E-state index in [2.05, 4.69) is 16.0 Å². The van der Waals surface area contributed by atoms with Crippen LogP contribution in [0.1, 0.15) is 55.6 Å². The molecule has 2 aliphatic carbocycles. The van der Waals surface area contributed by atoms with Crippen LogP contribution >= 0.6 is 0 Å². The van der Waals surface area contributed by atoms with Crippen LogP contribution in [0.25, 0.3) is 0 Å². The lowest BCUT2D eigenvalue weighted by Crippen LogP contribution is -2.62. The standard InChI is InChI=1S/C27H31N3O4/c31-23(25(32)28-16-17-7-2-1-3-8-17)15-27(26(33)34,30-18-13-14-18)24-19-9-4-5-11-21(19)29-22-12-6-10-20(22)24/h1-5,7-9,11,18,20,22,24,29-30H,6,10,12-16H2,(H,28,32)(H,33,34)/t20-,22+,24?,27?/m0/s1. The smallest absolute Gasteiger partial charge is 0.325 e. The molecule has 178 valence electrons. The number of hydrogen-bond acceptors (Lipinski definition) is 5. The number of anilines is 1. The van der Waals surface area contributed by atoms with Gasteiger partial charge in [-0.05, 0) is 48.8 Å². The molecule has 1 aliphatic heterocycles. The summed E-state index contributed by atoms with van der Waals surface area (Å²) in [6.07, 6.45) is 4.26. The highest BCUT2D eigenvalue weighted by molar-refractivity contribution is 6.36. The number of fused-ring (bicyclic) bond motifs is 2. The molecule has 4 atom stereocenters. The van der Waals surface area contributed by atoms with E-state index in [0.717, 1.165) is 48.9 Å². The molecule has 2 saturated carbocycles. The first kappa shape index (κ1) is 22.6. The van der Waals surface area contributed by atoms with E-state index in [1.165, 1.54) is 0 Å². The van der Waals surface area contributed by atoms with Crippen molar-refractivity contribution in [1.82, 2.24) is 10.6 Å². The van der Waals surface area contributed by atoms with E-state index in [-0.39, 0.29) is 31.0 Å². The first-order valence-electron chi connectivity index (χ1n) is 12.2. The number of aliphatic carboxylic acids is 1. The van der Waals surface area contributed by atoms with Crippen molar-refractivity contribution < 1.29 is 19.5 Å². The number of ketones is 1. The number of nitrogens with one attached hydrogen (secondary N) is 3. The minimum Gasteiger partial charge on any atom is -0.480 e. The molecule has 0 saturated heterocycles. The minimum absolute atomic E-state index is 0.0539. The fourth-order valence-corrected chi connectivity index (χ4v) is 5.85. The van der Waals surface area contributed by atoms with Crippen molar-refractivity contribution in [3.05, 3.63) is 65.7 Å². The molecule has 2 unspecified atom stereocenters. The maximum atomic E-state index is 13.2. The van der Waals surface area contributed by atoms with Gasteiger partial charge in [0, 0.05) is 36.7 Å². The van der Waals surface area contributed by atoms with Crippen LogP contribution in [0.3, 0.4) is 0 Å². The Kier molecular flexibility index (Phi) is 6.13. The summed E-state index contributed by atoms with van der Waals surface area (Å²) in [6.45, 7) is 0.225. The highest BCUT2D eigenvalue weighted by Gasteiger charge is 2.57. The summed E-state index contributed by atoms with van der Waals surface area (Å²) in [5.41, 5.74) is 1.19. The van der Waals surface area contributed by atoms with Crippen molar-refractivity contribution in [3.8, 4) is 0 Å². The van der Waals surface area contributed by atoms with Crippen molar-refractivity contribution >= 4 is 23.3 Å². The van der Waals surface area contributed by atoms with Crippen molar-refractivity contribution in [2.24, 2.45) is 5.92 Å². The number of rotatable bonds is 9. The number of carbonyl (C=O) groups is 3. The zero-order valence-corrected chi connectivity index (χ0v) is 19.1. The van der Waals surface area contributed by atoms with Gasteiger partial charge in [-0.1, -0.05) is 55.0 Å². The lowest BCUT2D eigenvalue weighted by molar-refractivity contribution is -0.151. The summed E-state index contributed by atoms with van der Waals surface area (Å²) in [7, 11) is 0. The van der Waals surface area contributed by atoms with Gasteiger partial charge in [-0.25, -0.2) is 0 Å². The van der Waals surface area contributed by atoms with E-state index in [1.807, 2.05) is 54.6 Å². The fourth-order valence-electron chi connectivity index (χ4n) is 5.85. The molecule has 0 aromatic heterocycles. The number of carboxylic acids is 1. The van der Waals surface area contributed by atoms with Gasteiger partial charge in [0.1, 0.15) is 5.54 Å². The molecule has 0 radical (unpaired) electrons. The highest BCUT2D eigenvalue weighted by Crippen LogP contribution is 2.52. The topological polar surface area (TPSA) is 108 Å². The third kappa shape index (κ3) is 4.32. The van der Waals surface area contributed by atoms with Crippen molar-refractivity contribution in [2.45, 2.75) is 68.6 Å². The summed E-state index contributed by atoms with van der Waals surface area (Å²) in [5, 5.41) is 20.3. The minimum atomic E-state index is -1.53. The number of hydrogen-bond donors (Lipinski definition) is 4. The number of benzene rings is 2. The van der Waals surface area contributed by atoms with Crippen molar-refractivity contribution in [1.29, 1.82) is 0 Å². The Hall–Kier alpha value is -3.19. The molecule has 7 nitrogen and oxygen atoms in total. The molecule has 2 fully saturated rings. The average Bonchev–Trinajstić information content (AvgIpc) is 3.54. The molecular formula is C27H31N3O4. The molecule has 1 heterocycles. The summed E-state index contributed by atoms with van der Waals surface area (Å²) < 4.78 is 0. The van der Waals surface area contributed by atoms with Gasteiger partial charge in [0.2, 0.25) is 5.78 Å². The Morgan fingerprint density at radius 3 is 2.44 bits per heavy atom. The predicted molar refractivity (Wildman–Crippen MR) is 128 cm³/mol. The van der Waals surface area contributed by atoms with E-state index in [4.69, 9.17) is 0 Å². The zero-order chi connectivity index (χ0) is 23.7. The van der Waals surface area contributed by atoms with Crippen LogP contribution in [0.4, 0.5) is 5.69 Å². The quantitative estimate of drug-likeness (QED) is 0.427. The highest BCUT2D eigenvalue weighted by atomic mass is 16.4. The Labute approximate surface area is 199 Å². The largest absolute Gasteiger partial charge is 0.480 e. The molecule has 0 bridgehead atoms. The van der Waals surface area contributed by atoms with Gasteiger partial charge in [0.05, 0.1) is 0 Å². The monoisotopic (exact) mass is 461 g/mol. The van der Waals surface area contributed by atoms with E-state index in [0.29, 0.717) is 0 Å². The average molecular weight is 462 g/mol. The second kappa shape index (κ2) is 9.22. The van der Waals surface area contributed by atoms with Crippen molar-refractivity contribution in [2.75, 3.05) is 5.32 Å². The third-order valence-electron chi connectivity index (χ3n) is 7.57. The first-order chi connectivity index (χ1) is 16.5. The van der Waals surface area contributed by atoms with Gasteiger partial charge in [-0.15, -0.1) is 0 Å². The van der Waals surface area contributed by atoms with Gasteiger partial charge < -0.3 is 15.7 Å². The van der Waals surface area contributed by atoms with Gasteiger partial charge in [-0.3, -0.25) is 19.7 Å². The van der Waals surface area contributed by atoms with Crippen LogP contribution in [0.15, 0.2) is 54.6 Å². The van der Waals surface area contributed by atoms with Crippen LogP contribution in [0.5, 0.6) is 0 Å². The Morgan fingerprint density at radius 1 is 0.971 bits per heavy atom. The Bertz CT molecular complexity index is 1080. The molecule has 7 heteroatoms. The normalized spacial score (nSPS) is 24.8. The molecule has 2 aromatic rings. The lowest BCUT2D eigenvalue weighted by atomic mass is 9.65. The van der Waals surface area contributed by atoms with E-state index >= 15 is 0 Å². The van der Waals surface area contributed by atoms with Gasteiger partial charge >= 0.3 is 5.97 Å². The summed E-state index contributed by atoms with van der Waals surface area (Å²) in [5.74, 6) is -2.82. The molecule has 2 aromatic carbocycles. The zero-order valence-electron chi connectivity index (χ0n) is 19.1. The van der Waals surface area contributed by atoms with Crippen LogP contribution in [0, 0.1) is 5.92 Å². The molecule has 1 amide bonds. The second-order valence-electron chi connectivity index (χ2n) is 9.87. The Morgan fingerprint density at radius 2 is 1.71 bits per heavy atom. The van der Waals surface area contributed by atoms with Gasteiger partial charge in [0.15, 0.2) is 0 Å². The van der Waals surface area contributed by atoms with E-state index in [1.54, 1.807) is 0 Å². The van der Waals surface area contributed by atoms with Crippen LogP contribution in [-0.4, -0.2) is 40.4 Å². The fraction of sp³-hybridized carbons (Fsp3) is 0.444. The molecule has 34 heavy (non-hydrogen) atoms. The number of amides is 1. The lowest BCUT2D eigenvalue weighted by Gasteiger charge is -2.46. The third-order valence-corrected chi connectivity index (χ3v) is 7.57. The van der Waals surface area contributed by atoms with Gasteiger partial charge in [0.25, 0.3) is 5.91 Å². The van der Waals surface area contributed by atoms with E-state index < -0.39 is 29.1 Å². The molecule has 5 rings (SSSR count). The SMILES string of the molecule is O=C(CC(NC1CC1)(C(=O)O)C1c2ccccc2N[C@@H]2CCC[C@H]12)C(=O)NCc1ccccc1. The number of carboxylic acid groups (broad SMARTS) is 1. The number of carbonyl (C=O) groups excluding carboxylic acids is 2. The van der Waals surface area contributed by atoms with Crippen molar-refractivity contribution in [3.63, 3.8) is 0 Å². The predicted octanol–water partition coefficient (Wildman–Crippen LogP) is 3.22. The molecule has 4 N–H and O–H groups in total. The summed E-state index contributed by atoms with van der Waals surface area (Å²) >= 11 is 0. The summed E-state index contributed by atoms with van der Waals surface area (Å²) in [6, 6.07) is 17.4. The first-order valence-corrected chi connectivity index (χ1v) is 12.2. The van der Waals surface area contributed by atoms with Crippen LogP contribution in [0.2, 0.25) is 0 Å². The summed E-state index contributed by atoms with van der Waals surface area (Å²) in [4.78, 5) is 39.0. The molecule has 0 spiro atoms. The maximum absolute atomic E-state index is 13.2. The second-order valence-corrected chi connectivity index (χ2v) is 9.87. The van der Waals surface area contributed by atoms with Crippen LogP contribution < -0.4 is 16.0 Å². The molecule has 3 aliphatic rings. The van der Waals surface area contributed by atoms with Gasteiger partial charge in [-0.2, -0.15) is 0 Å². The molecular weight excluding hydrogens is 430 g/mol. The number of para-hydroxylation sites is 1. The maximum Gasteiger partial charge on any atom is 0.325 e. The Balaban J connectivity index is 1.46.